The molecule has 0 saturated heterocycles. The summed E-state index contributed by atoms with van der Waals surface area (Å²) in [7, 11) is 0. The first-order valence-electron chi connectivity index (χ1n) is 4.82. The van der Waals surface area contributed by atoms with Crippen molar-refractivity contribution in [3.05, 3.63) is 24.3 Å². The summed E-state index contributed by atoms with van der Waals surface area (Å²) < 4.78 is 10.2. The Bertz CT molecular complexity index is 327. The zero-order valence-corrected chi connectivity index (χ0v) is 10.1. The largest absolute Gasteiger partial charge is 0.479 e. The molecule has 1 aromatic rings. The molecule has 0 spiro atoms. The average molecular weight is 246 g/mol. The lowest BCUT2D eigenvalue weighted by Crippen LogP contribution is -2.25. The third kappa shape index (κ3) is 4.40. The van der Waals surface area contributed by atoms with Crippen LogP contribution in [0, 0.1) is 0 Å². The van der Waals surface area contributed by atoms with Crippen LogP contribution in [0.2, 0.25) is 0 Å². The van der Waals surface area contributed by atoms with E-state index in [2.05, 4.69) is 0 Å². The minimum atomic E-state index is -0.603. The summed E-state index contributed by atoms with van der Waals surface area (Å²) in [5.41, 5.74) is 6.18. The fourth-order valence-electron chi connectivity index (χ4n) is 1.06. The van der Waals surface area contributed by atoms with E-state index in [9.17, 15) is 4.79 Å². The van der Waals surface area contributed by atoms with Gasteiger partial charge in [-0.05, 0) is 38.1 Å². The minimum Gasteiger partial charge on any atom is -0.479 e. The zero-order chi connectivity index (χ0) is 11.3. The van der Waals surface area contributed by atoms with Crippen LogP contribution >= 0.6 is 12.4 Å². The standard InChI is InChI=1S/C11H15NO3.ClH/c1-3-14-11(13)8(2)15-10-6-4-9(12)5-7-10;/h4-8H,3,12H2,1-2H3;1H. The van der Waals surface area contributed by atoms with E-state index in [0.29, 0.717) is 18.0 Å². The number of carbonyl (C=O) groups is 1. The van der Waals surface area contributed by atoms with Crippen LogP contribution in [0.3, 0.4) is 0 Å². The number of nitrogens with two attached hydrogens (primary N) is 1. The lowest BCUT2D eigenvalue weighted by atomic mass is 10.3. The summed E-state index contributed by atoms with van der Waals surface area (Å²) in [6.07, 6.45) is -0.603. The number of carbonyl (C=O) groups excluding carboxylic acids is 1. The summed E-state index contributed by atoms with van der Waals surface area (Å²) in [5, 5.41) is 0. The van der Waals surface area contributed by atoms with Crippen molar-refractivity contribution in [3.63, 3.8) is 0 Å². The SMILES string of the molecule is CCOC(=O)C(C)Oc1ccc(N)cc1.Cl. The van der Waals surface area contributed by atoms with E-state index in [0.717, 1.165) is 0 Å². The highest BCUT2D eigenvalue weighted by atomic mass is 35.5. The molecular formula is C11H16ClNO3. The Hall–Kier alpha value is -1.42. The maximum absolute atomic E-state index is 11.2. The van der Waals surface area contributed by atoms with E-state index in [4.69, 9.17) is 15.2 Å². The second-order valence-corrected chi connectivity index (χ2v) is 3.08. The predicted molar refractivity (Wildman–Crippen MR) is 64.8 cm³/mol. The van der Waals surface area contributed by atoms with Gasteiger partial charge in [0.2, 0.25) is 0 Å². The number of ether oxygens (including phenoxy) is 2. The van der Waals surface area contributed by atoms with Gasteiger partial charge < -0.3 is 15.2 Å². The van der Waals surface area contributed by atoms with E-state index in [1.165, 1.54) is 0 Å². The number of hydrogen-bond donors (Lipinski definition) is 1. The summed E-state index contributed by atoms with van der Waals surface area (Å²) in [6, 6.07) is 6.86. The highest BCUT2D eigenvalue weighted by molar-refractivity contribution is 5.85. The van der Waals surface area contributed by atoms with Crippen LogP contribution in [0.1, 0.15) is 13.8 Å². The number of hydrogen-bond acceptors (Lipinski definition) is 4. The second kappa shape index (κ2) is 6.95. The van der Waals surface area contributed by atoms with Crippen LogP contribution in [-0.4, -0.2) is 18.7 Å². The fraction of sp³-hybridized carbons (Fsp3) is 0.364. The van der Waals surface area contributed by atoms with Crippen LogP contribution in [0.15, 0.2) is 24.3 Å². The van der Waals surface area contributed by atoms with Gasteiger partial charge in [0.05, 0.1) is 6.61 Å². The average Bonchev–Trinajstić information content (AvgIpc) is 2.22. The molecule has 1 aromatic carbocycles. The van der Waals surface area contributed by atoms with Gasteiger partial charge in [-0.2, -0.15) is 0 Å². The van der Waals surface area contributed by atoms with Gasteiger partial charge in [-0.25, -0.2) is 4.79 Å². The molecule has 1 atom stereocenters. The van der Waals surface area contributed by atoms with E-state index >= 15 is 0 Å². The van der Waals surface area contributed by atoms with Crippen LogP contribution < -0.4 is 10.5 Å². The molecule has 0 aromatic heterocycles. The monoisotopic (exact) mass is 245 g/mol. The third-order valence-corrected chi connectivity index (χ3v) is 1.81. The van der Waals surface area contributed by atoms with Gasteiger partial charge in [0.1, 0.15) is 5.75 Å². The van der Waals surface area contributed by atoms with Gasteiger partial charge in [-0.1, -0.05) is 0 Å². The van der Waals surface area contributed by atoms with Crippen LogP contribution in [-0.2, 0) is 9.53 Å². The molecule has 0 aliphatic rings. The van der Waals surface area contributed by atoms with Crippen molar-refractivity contribution < 1.29 is 14.3 Å². The minimum absolute atomic E-state index is 0. The number of halogens is 1. The number of nitrogen functional groups attached to an aromatic ring is 1. The van der Waals surface area contributed by atoms with Crippen molar-refractivity contribution in [2.45, 2.75) is 20.0 Å². The quantitative estimate of drug-likeness (QED) is 0.651. The lowest BCUT2D eigenvalue weighted by Gasteiger charge is -2.13. The number of rotatable bonds is 4. The molecule has 0 amide bonds. The van der Waals surface area contributed by atoms with Crippen molar-refractivity contribution in [1.29, 1.82) is 0 Å². The molecule has 4 nitrogen and oxygen atoms in total. The molecule has 0 heterocycles. The molecule has 0 radical (unpaired) electrons. The Morgan fingerprint density at radius 2 is 1.94 bits per heavy atom. The van der Waals surface area contributed by atoms with Crippen molar-refractivity contribution in [1.82, 2.24) is 0 Å². The first kappa shape index (κ1) is 14.6. The van der Waals surface area contributed by atoms with Gasteiger partial charge in [0.15, 0.2) is 6.10 Å². The Kier molecular flexibility index (Phi) is 6.34. The molecule has 0 bridgehead atoms. The van der Waals surface area contributed by atoms with Crippen LogP contribution in [0.4, 0.5) is 5.69 Å². The number of benzene rings is 1. The molecule has 2 N–H and O–H groups in total. The summed E-state index contributed by atoms with van der Waals surface area (Å²) in [5.74, 6) is 0.235. The van der Waals surface area contributed by atoms with Gasteiger partial charge >= 0.3 is 5.97 Å². The Balaban J connectivity index is 0.00000225. The molecule has 1 unspecified atom stereocenters. The summed E-state index contributed by atoms with van der Waals surface area (Å²) in [4.78, 5) is 11.2. The van der Waals surface area contributed by atoms with Crippen LogP contribution in [0.25, 0.3) is 0 Å². The molecular weight excluding hydrogens is 230 g/mol. The van der Waals surface area contributed by atoms with E-state index in [1.807, 2.05) is 0 Å². The first-order valence-corrected chi connectivity index (χ1v) is 4.82. The Labute approximate surface area is 101 Å². The Morgan fingerprint density at radius 3 is 2.44 bits per heavy atom. The maximum atomic E-state index is 11.2. The topological polar surface area (TPSA) is 61.5 Å². The van der Waals surface area contributed by atoms with E-state index in [1.54, 1.807) is 38.1 Å². The molecule has 1 rings (SSSR count). The molecule has 90 valence electrons. The normalized spacial score (nSPS) is 11.1. The maximum Gasteiger partial charge on any atom is 0.347 e. The van der Waals surface area contributed by atoms with E-state index < -0.39 is 6.10 Å². The first-order chi connectivity index (χ1) is 7.13. The molecule has 16 heavy (non-hydrogen) atoms. The highest BCUT2D eigenvalue weighted by Gasteiger charge is 2.15. The molecule has 5 heteroatoms. The Morgan fingerprint density at radius 1 is 1.38 bits per heavy atom. The van der Waals surface area contributed by atoms with Crippen molar-refractivity contribution in [3.8, 4) is 5.75 Å². The van der Waals surface area contributed by atoms with Crippen LogP contribution in [0.5, 0.6) is 5.75 Å². The molecule has 0 aliphatic carbocycles. The highest BCUT2D eigenvalue weighted by Crippen LogP contribution is 2.14. The summed E-state index contributed by atoms with van der Waals surface area (Å²) >= 11 is 0. The zero-order valence-electron chi connectivity index (χ0n) is 9.30. The van der Waals surface area contributed by atoms with Crippen molar-refractivity contribution in [2.24, 2.45) is 0 Å². The number of anilines is 1. The van der Waals surface area contributed by atoms with Gasteiger partial charge in [-0.15, -0.1) is 12.4 Å². The fourth-order valence-corrected chi connectivity index (χ4v) is 1.06. The second-order valence-electron chi connectivity index (χ2n) is 3.08. The van der Waals surface area contributed by atoms with E-state index in [-0.39, 0.29) is 18.4 Å². The van der Waals surface area contributed by atoms with Crippen molar-refractivity contribution >= 4 is 24.1 Å². The third-order valence-electron chi connectivity index (χ3n) is 1.81. The van der Waals surface area contributed by atoms with Gasteiger partial charge in [0.25, 0.3) is 0 Å². The predicted octanol–water partition coefficient (Wildman–Crippen LogP) is 2.02. The molecule has 0 saturated carbocycles. The molecule has 0 aliphatic heterocycles. The summed E-state index contributed by atoms with van der Waals surface area (Å²) in [6.45, 7) is 3.76. The van der Waals surface area contributed by atoms with Crippen molar-refractivity contribution in [2.75, 3.05) is 12.3 Å². The van der Waals surface area contributed by atoms with Gasteiger partial charge in [-0.3, -0.25) is 0 Å². The molecule has 0 fully saturated rings. The number of esters is 1. The van der Waals surface area contributed by atoms with Gasteiger partial charge in [0, 0.05) is 5.69 Å². The smallest absolute Gasteiger partial charge is 0.347 e. The lowest BCUT2D eigenvalue weighted by molar-refractivity contribution is -0.150.